The molecule has 0 aromatic heterocycles. The van der Waals surface area contributed by atoms with Crippen LogP contribution in [0.3, 0.4) is 0 Å². The number of carbonyl (C=O) groups excluding carboxylic acids is 1. The third-order valence-electron chi connectivity index (χ3n) is 3.97. The molecule has 2 bridgehead atoms. The van der Waals surface area contributed by atoms with Crippen molar-refractivity contribution in [2.24, 2.45) is 29.4 Å². The van der Waals surface area contributed by atoms with Crippen LogP contribution in [0.4, 0.5) is 0 Å². The molecule has 1 amide bonds. The van der Waals surface area contributed by atoms with Crippen LogP contribution < -0.4 is 11.1 Å². The summed E-state index contributed by atoms with van der Waals surface area (Å²) in [6.45, 7) is 5.00. The van der Waals surface area contributed by atoms with E-state index in [4.69, 9.17) is 5.73 Å². The molecular weight excluding hydrogens is 224 g/mol. The maximum Gasteiger partial charge on any atom is 0.224 e. The lowest BCUT2D eigenvalue weighted by molar-refractivity contribution is -0.127. The quantitative estimate of drug-likeness (QED) is 0.794. The Morgan fingerprint density at radius 2 is 2.00 bits per heavy atom. The third kappa shape index (κ3) is 2.51. The third-order valence-corrected chi connectivity index (χ3v) is 3.97. The predicted molar refractivity (Wildman–Crippen MR) is 67.4 cm³/mol. The molecule has 4 unspecified atom stereocenters. The minimum atomic E-state index is 0. The molecule has 4 atom stereocenters. The van der Waals surface area contributed by atoms with E-state index in [0.717, 1.165) is 6.54 Å². The van der Waals surface area contributed by atoms with E-state index in [2.05, 4.69) is 19.2 Å². The van der Waals surface area contributed by atoms with Crippen LogP contribution in [-0.4, -0.2) is 18.5 Å². The van der Waals surface area contributed by atoms with E-state index >= 15 is 0 Å². The van der Waals surface area contributed by atoms with Gasteiger partial charge in [0.2, 0.25) is 5.91 Å². The largest absolute Gasteiger partial charge is 0.356 e. The molecule has 0 radical (unpaired) electrons. The lowest BCUT2D eigenvalue weighted by Gasteiger charge is -2.27. The van der Waals surface area contributed by atoms with Crippen LogP contribution in [0.1, 0.15) is 33.1 Å². The fourth-order valence-electron chi connectivity index (χ4n) is 3.15. The van der Waals surface area contributed by atoms with Gasteiger partial charge in [0.25, 0.3) is 0 Å². The van der Waals surface area contributed by atoms with Crippen molar-refractivity contribution in [2.45, 2.75) is 39.2 Å². The highest BCUT2D eigenvalue weighted by Crippen LogP contribution is 2.47. The molecule has 0 aromatic carbocycles. The molecule has 94 valence electrons. The molecule has 2 saturated carbocycles. The van der Waals surface area contributed by atoms with Crippen LogP contribution >= 0.6 is 12.4 Å². The highest BCUT2D eigenvalue weighted by Gasteiger charge is 2.48. The van der Waals surface area contributed by atoms with Crippen LogP contribution in [0, 0.1) is 23.7 Å². The molecule has 2 fully saturated rings. The van der Waals surface area contributed by atoms with Gasteiger partial charge in [-0.25, -0.2) is 0 Å². The minimum absolute atomic E-state index is 0. The van der Waals surface area contributed by atoms with Gasteiger partial charge in [-0.3, -0.25) is 4.79 Å². The van der Waals surface area contributed by atoms with E-state index in [-0.39, 0.29) is 30.3 Å². The summed E-state index contributed by atoms with van der Waals surface area (Å²) in [5.74, 6) is 2.00. The van der Waals surface area contributed by atoms with Crippen molar-refractivity contribution < 1.29 is 4.79 Å². The molecule has 0 aromatic rings. The zero-order valence-electron chi connectivity index (χ0n) is 10.1. The van der Waals surface area contributed by atoms with E-state index in [1.807, 2.05) is 0 Å². The van der Waals surface area contributed by atoms with Gasteiger partial charge in [-0.05, 0) is 37.0 Å². The highest BCUT2D eigenvalue weighted by molar-refractivity contribution is 5.85. The lowest BCUT2D eigenvalue weighted by Crippen LogP contribution is -2.46. The van der Waals surface area contributed by atoms with Gasteiger partial charge in [-0.1, -0.05) is 13.8 Å². The second-order valence-electron chi connectivity index (χ2n) is 5.58. The fraction of sp³-hybridized carbons (Fsp3) is 0.917. The van der Waals surface area contributed by atoms with E-state index in [9.17, 15) is 4.79 Å². The molecule has 4 heteroatoms. The molecule has 2 rings (SSSR count). The summed E-state index contributed by atoms with van der Waals surface area (Å²) >= 11 is 0. The molecule has 3 nitrogen and oxygen atoms in total. The standard InChI is InChI=1S/C12H22N2O.ClH/c1-7(2)6-14-12(15)10-8-3-4-9(5-8)11(10)13;/h7-11H,3-6,13H2,1-2H3,(H,14,15);1H. The Morgan fingerprint density at radius 1 is 1.38 bits per heavy atom. The van der Waals surface area contributed by atoms with Gasteiger partial charge < -0.3 is 11.1 Å². The smallest absolute Gasteiger partial charge is 0.224 e. The fourth-order valence-corrected chi connectivity index (χ4v) is 3.15. The summed E-state index contributed by atoms with van der Waals surface area (Å²) in [5.41, 5.74) is 6.11. The molecule has 0 saturated heterocycles. The molecule has 0 aliphatic heterocycles. The van der Waals surface area contributed by atoms with Gasteiger partial charge >= 0.3 is 0 Å². The van der Waals surface area contributed by atoms with E-state index < -0.39 is 0 Å². The number of hydrogen-bond donors (Lipinski definition) is 2. The maximum atomic E-state index is 12.0. The number of amides is 1. The summed E-state index contributed by atoms with van der Waals surface area (Å²) in [7, 11) is 0. The number of carbonyl (C=O) groups is 1. The first-order chi connectivity index (χ1) is 7.09. The molecule has 16 heavy (non-hydrogen) atoms. The van der Waals surface area contributed by atoms with Gasteiger partial charge in [-0.2, -0.15) is 0 Å². The minimum Gasteiger partial charge on any atom is -0.356 e. The van der Waals surface area contributed by atoms with Gasteiger partial charge in [0.15, 0.2) is 0 Å². The first-order valence-corrected chi connectivity index (χ1v) is 6.13. The van der Waals surface area contributed by atoms with Gasteiger partial charge in [0, 0.05) is 12.6 Å². The van der Waals surface area contributed by atoms with E-state index in [1.54, 1.807) is 0 Å². The highest BCUT2D eigenvalue weighted by atomic mass is 35.5. The van der Waals surface area contributed by atoms with Crippen LogP contribution in [0.15, 0.2) is 0 Å². The molecule has 3 N–H and O–H groups in total. The number of halogens is 1. The molecule has 2 aliphatic rings. The van der Waals surface area contributed by atoms with Crippen molar-refractivity contribution in [1.82, 2.24) is 5.32 Å². The van der Waals surface area contributed by atoms with Gasteiger partial charge in [0.1, 0.15) is 0 Å². The average Bonchev–Trinajstić information content (AvgIpc) is 2.74. The maximum absolute atomic E-state index is 12.0. The Labute approximate surface area is 104 Å². The number of nitrogens with two attached hydrogens (primary N) is 1. The first kappa shape index (κ1) is 13.8. The number of fused-ring (bicyclic) bond motifs is 2. The summed E-state index contributed by atoms with van der Waals surface area (Å²) in [6.07, 6.45) is 3.62. The van der Waals surface area contributed by atoms with Gasteiger partial charge in [-0.15, -0.1) is 12.4 Å². The molecular formula is C12H23ClN2O. The van der Waals surface area contributed by atoms with Crippen LogP contribution in [0.2, 0.25) is 0 Å². The van der Waals surface area contributed by atoms with Gasteiger partial charge in [0.05, 0.1) is 5.92 Å². The number of nitrogens with one attached hydrogen (secondary N) is 1. The number of rotatable bonds is 3. The Kier molecular flexibility index (Phi) is 4.62. The van der Waals surface area contributed by atoms with Crippen molar-refractivity contribution in [1.29, 1.82) is 0 Å². The van der Waals surface area contributed by atoms with Crippen molar-refractivity contribution in [3.05, 3.63) is 0 Å². The monoisotopic (exact) mass is 246 g/mol. The van der Waals surface area contributed by atoms with Crippen LogP contribution in [-0.2, 0) is 4.79 Å². The van der Waals surface area contributed by atoms with E-state index in [1.165, 1.54) is 19.3 Å². The van der Waals surface area contributed by atoms with E-state index in [0.29, 0.717) is 17.8 Å². The SMILES string of the molecule is CC(C)CNC(=O)C1C2CCC(C2)C1N.Cl. The van der Waals surface area contributed by atoms with Crippen molar-refractivity contribution >= 4 is 18.3 Å². The Hall–Kier alpha value is -0.280. The summed E-state index contributed by atoms with van der Waals surface area (Å²) < 4.78 is 0. The first-order valence-electron chi connectivity index (χ1n) is 6.13. The second-order valence-corrected chi connectivity index (χ2v) is 5.58. The lowest BCUT2D eigenvalue weighted by atomic mass is 9.84. The average molecular weight is 247 g/mol. The summed E-state index contributed by atoms with van der Waals surface area (Å²) in [6, 6.07) is 0.121. The normalized spacial score (nSPS) is 36.2. The second kappa shape index (κ2) is 5.37. The molecule has 0 spiro atoms. The van der Waals surface area contributed by atoms with Crippen molar-refractivity contribution in [3.63, 3.8) is 0 Å². The Morgan fingerprint density at radius 3 is 2.50 bits per heavy atom. The van der Waals surface area contributed by atoms with Crippen molar-refractivity contribution in [2.75, 3.05) is 6.54 Å². The Balaban J connectivity index is 0.00000128. The zero-order chi connectivity index (χ0) is 11.0. The predicted octanol–water partition coefficient (Wildman–Crippen LogP) is 1.55. The topological polar surface area (TPSA) is 55.1 Å². The van der Waals surface area contributed by atoms with Crippen LogP contribution in [0.25, 0.3) is 0 Å². The summed E-state index contributed by atoms with van der Waals surface area (Å²) in [5, 5.41) is 3.02. The molecule has 0 heterocycles. The molecule has 2 aliphatic carbocycles. The van der Waals surface area contributed by atoms with Crippen LogP contribution in [0.5, 0.6) is 0 Å². The summed E-state index contributed by atoms with van der Waals surface area (Å²) in [4.78, 5) is 12.0. The Bertz CT molecular complexity index is 255. The zero-order valence-corrected chi connectivity index (χ0v) is 10.9. The van der Waals surface area contributed by atoms with Crippen molar-refractivity contribution in [3.8, 4) is 0 Å². The number of hydrogen-bond acceptors (Lipinski definition) is 2.